The Kier molecular flexibility index (Phi) is 6.82. The first-order valence-corrected chi connectivity index (χ1v) is 18.4. The SMILES string of the molecule is COc1cccc(OC)c1NC(=O)C1OC(Oc2cc3c(cc2C)[Si](C)(C)C(C)C[Si]3(C)C)=CC1=O. The molecule has 0 saturated carbocycles. The van der Waals surface area contributed by atoms with Gasteiger partial charge in [-0.25, -0.2) is 0 Å². The molecule has 192 valence electrons. The lowest BCUT2D eigenvalue weighted by molar-refractivity contribution is -0.134. The summed E-state index contributed by atoms with van der Waals surface area (Å²) in [7, 11) is -0.245. The van der Waals surface area contributed by atoms with Gasteiger partial charge in [0, 0.05) is 0 Å². The van der Waals surface area contributed by atoms with Crippen molar-refractivity contribution >= 4 is 43.9 Å². The molecule has 36 heavy (non-hydrogen) atoms. The van der Waals surface area contributed by atoms with Crippen LogP contribution in [0.15, 0.2) is 42.4 Å². The number of benzene rings is 2. The predicted octanol–water partition coefficient (Wildman–Crippen LogP) is 4.07. The van der Waals surface area contributed by atoms with Crippen molar-refractivity contribution in [3.8, 4) is 17.2 Å². The van der Waals surface area contributed by atoms with Crippen LogP contribution in [0.3, 0.4) is 0 Å². The second-order valence-corrected chi connectivity index (χ2v) is 20.5. The number of rotatable bonds is 6. The minimum atomic E-state index is -1.64. The Hall–Kier alpha value is -3.05. The summed E-state index contributed by atoms with van der Waals surface area (Å²) in [6.45, 7) is 14.1. The summed E-state index contributed by atoms with van der Waals surface area (Å²) in [5.74, 6) is 0.402. The topological polar surface area (TPSA) is 83.1 Å². The molecular weight excluding hydrogens is 490 g/mol. The van der Waals surface area contributed by atoms with Gasteiger partial charge in [-0.05, 0) is 36.2 Å². The van der Waals surface area contributed by atoms with Gasteiger partial charge in [0.2, 0.25) is 11.9 Å². The van der Waals surface area contributed by atoms with Gasteiger partial charge in [-0.2, -0.15) is 0 Å². The predicted molar refractivity (Wildman–Crippen MR) is 146 cm³/mol. The third kappa shape index (κ3) is 4.57. The van der Waals surface area contributed by atoms with Crippen molar-refractivity contribution in [3.05, 3.63) is 47.9 Å². The molecule has 2 aliphatic rings. The van der Waals surface area contributed by atoms with Gasteiger partial charge in [-0.1, -0.05) is 61.7 Å². The molecule has 1 N–H and O–H groups in total. The van der Waals surface area contributed by atoms with E-state index < -0.39 is 33.9 Å². The van der Waals surface area contributed by atoms with Crippen LogP contribution in [-0.4, -0.2) is 48.2 Å². The van der Waals surface area contributed by atoms with E-state index in [-0.39, 0.29) is 5.95 Å². The Morgan fingerprint density at radius 3 is 2.28 bits per heavy atom. The van der Waals surface area contributed by atoms with Gasteiger partial charge < -0.3 is 24.3 Å². The Bertz CT molecular complexity index is 1230. The van der Waals surface area contributed by atoms with Crippen molar-refractivity contribution in [2.24, 2.45) is 0 Å². The number of nitrogens with one attached hydrogen (secondary N) is 1. The van der Waals surface area contributed by atoms with Gasteiger partial charge in [-0.3, -0.25) is 9.59 Å². The van der Waals surface area contributed by atoms with Crippen molar-refractivity contribution in [2.45, 2.75) is 57.7 Å². The normalized spacial score (nSPS) is 21.7. The highest BCUT2D eigenvalue weighted by molar-refractivity contribution is 7.04. The highest BCUT2D eigenvalue weighted by Gasteiger charge is 2.45. The molecule has 0 aromatic heterocycles. The van der Waals surface area contributed by atoms with Crippen LogP contribution in [0.2, 0.25) is 37.8 Å². The molecule has 4 rings (SSSR count). The summed E-state index contributed by atoms with van der Waals surface area (Å²) in [6.07, 6.45) is -0.114. The fourth-order valence-corrected chi connectivity index (χ4v) is 15.7. The zero-order valence-corrected chi connectivity index (χ0v) is 24.3. The zero-order valence-electron chi connectivity index (χ0n) is 22.3. The van der Waals surface area contributed by atoms with Crippen LogP contribution in [0, 0.1) is 6.92 Å². The number of ketones is 1. The van der Waals surface area contributed by atoms with Gasteiger partial charge in [0.15, 0.2) is 0 Å². The van der Waals surface area contributed by atoms with Crippen LogP contribution in [0.4, 0.5) is 5.69 Å². The highest BCUT2D eigenvalue weighted by Crippen LogP contribution is 2.37. The lowest BCUT2D eigenvalue weighted by atomic mass is 10.2. The number of para-hydroxylation sites is 1. The largest absolute Gasteiger partial charge is 0.494 e. The molecule has 2 aliphatic heterocycles. The fourth-order valence-electron chi connectivity index (χ4n) is 5.19. The third-order valence-electron chi connectivity index (χ3n) is 7.66. The lowest BCUT2D eigenvalue weighted by Crippen LogP contribution is -2.65. The minimum Gasteiger partial charge on any atom is -0.494 e. The molecule has 1 amide bonds. The van der Waals surface area contributed by atoms with E-state index in [1.54, 1.807) is 18.2 Å². The molecule has 0 saturated heterocycles. The zero-order chi connectivity index (χ0) is 26.4. The number of aryl methyl sites for hydroxylation is 1. The number of fused-ring (bicyclic) bond motifs is 1. The van der Waals surface area contributed by atoms with Crippen LogP contribution in [0.25, 0.3) is 0 Å². The molecule has 2 atom stereocenters. The quantitative estimate of drug-likeness (QED) is 0.452. The van der Waals surface area contributed by atoms with E-state index in [1.807, 2.05) is 6.92 Å². The van der Waals surface area contributed by atoms with E-state index in [0.29, 0.717) is 22.9 Å². The second-order valence-electron chi connectivity index (χ2n) is 10.9. The summed E-state index contributed by atoms with van der Waals surface area (Å²) in [5, 5.41) is 5.65. The van der Waals surface area contributed by atoms with E-state index in [1.165, 1.54) is 36.7 Å². The van der Waals surface area contributed by atoms with Crippen molar-refractivity contribution in [2.75, 3.05) is 19.5 Å². The second kappa shape index (κ2) is 9.44. The van der Waals surface area contributed by atoms with Gasteiger partial charge in [0.1, 0.15) is 22.9 Å². The lowest BCUT2D eigenvalue weighted by Gasteiger charge is -2.44. The monoisotopic (exact) mass is 525 g/mol. The number of hydrogen-bond acceptors (Lipinski definition) is 6. The fraction of sp³-hybridized carbons (Fsp3) is 0.407. The van der Waals surface area contributed by atoms with E-state index in [9.17, 15) is 9.59 Å². The average molecular weight is 526 g/mol. The molecule has 0 bridgehead atoms. The van der Waals surface area contributed by atoms with Gasteiger partial charge in [0.05, 0.1) is 36.4 Å². The molecule has 0 aliphatic carbocycles. The molecule has 2 heterocycles. The first kappa shape index (κ1) is 26.0. The molecule has 0 radical (unpaired) electrons. The van der Waals surface area contributed by atoms with E-state index in [4.69, 9.17) is 18.9 Å². The maximum absolute atomic E-state index is 13.0. The first-order chi connectivity index (χ1) is 16.9. The number of methoxy groups -OCH3 is 2. The van der Waals surface area contributed by atoms with Crippen LogP contribution in [-0.2, 0) is 14.3 Å². The van der Waals surface area contributed by atoms with E-state index >= 15 is 0 Å². The van der Waals surface area contributed by atoms with Gasteiger partial charge in [-0.15, -0.1) is 0 Å². The Morgan fingerprint density at radius 1 is 1.03 bits per heavy atom. The number of ether oxygens (including phenoxy) is 4. The number of anilines is 1. The van der Waals surface area contributed by atoms with Crippen LogP contribution >= 0.6 is 0 Å². The molecule has 9 heteroatoms. The summed E-state index contributed by atoms with van der Waals surface area (Å²) in [5.41, 5.74) is 2.06. The summed E-state index contributed by atoms with van der Waals surface area (Å²) < 4.78 is 22.4. The number of carbonyl (C=O) groups excluding carboxylic acids is 2. The number of hydrogen-bond donors (Lipinski definition) is 1. The van der Waals surface area contributed by atoms with Crippen LogP contribution in [0.1, 0.15) is 12.5 Å². The van der Waals surface area contributed by atoms with Crippen molar-refractivity contribution in [1.29, 1.82) is 0 Å². The number of carbonyl (C=O) groups is 2. The van der Waals surface area contributed by atoms with Crippen LogP contribution < -0.4 is 29.9 Å². The van der Waals surface area contributed by atoms with Gasteiger partial charge in [0.25, 0.3) is 11.9 Å². The van der Waals surface area contributed by atoms with Crippen LogP contribution in [0.5, 0.6) is 17.2 Å². The maximum Gasteiger partial charge on any atom is 0.289 e. The highest BCUT2D eigenvalue weighted by atomic mass is 28.3. The summed E-state index contributed by atoms with van der Waals surface area (Å²) in [6, 6.07) is 10.8. The minimum absolute atomic E-state index is 0.0235. The summed E-state index contributed by atoms with van der Waals surface area (Å²) >= 11 is 0. The summed E-state index contributed by atoms with van der Waals surface area (Å²) in [4.78, 5) is 25.6. The number of amides is 1. The van der Waals surface area contributed by atoms with Crippen molar-refractivity contribution in [3.63, 3.8) is 0 Å². The molecule has 2 aromatic rings. The maximum atomic E-state index is 13.0. The Labute approximate surface area is 214 Å². The Balaban J connectivity index is 1.55. The Morgan fingerprint density at radius 2 is 1.67 bits per heavy atom. The molecule has 0 spiro atoms. The van der Waals surface area contributed by atoms with E-state index in [2.05, 4.69) is 50.6 Å². The molecule has 0 fully saturated rings. The standard InChI is InChI=1S/C27H35NO6Si2/c1-16-12-23-22(35(5,6)15-17(2)36(23,7)8)14-21(16)33-24-13-18(29)26(34-24)27(30)28-25-19(31-3)10-9-11-20(25)32-4/h9-14,17,26H,15H2,1-8H3,(H,28,30). The smallest absolute Gasteiger partial charge is 0.289 e. The average Bonchev–Trinajstić information content (AvgIpc) is 3.18. The molecule has 7 nitrogen and oxygen atoms in total. The third-order valence-corrected chi connectivity index (χ3v) is 16.3. The van der Waals surface area contributed by atoms with Crippen molar-refractivity contribution in [1.82, 2.24) is 0 Å². The van der Waals surface area contributed by atoms with Gasteiger partial charge >= 0.3 is 0 Å². The molecule has 2 unspecified atom stereocenters. The molecular formula is C27H35NO6Si2. The first-order valence-electron chi connectivity index (χ1n) is 12.2. The molecule has 2 aromatic carbocycles. The van der Waals surface area contributed by atoms with E-state index in [0.717, 1.165) is 11.1 Å². The van der Waals surface area contributed by atoms with Crippen molar-refractivity contribution < 1.29 is 28.5 Å².